The van der Waals surface area contributed by atoms with Crippen LogP contribution >= 0.6 is 15.9 Å². The van der Waals surface area contributed by atoms with E-state index in [0.29, 0.717) is 11.1 Å². The lowest BCUT2D eigenvalue weighted by molar-refractivity contribution is 0.0779. The first-order valence-corrected chi connectivity index (χ1v) is 5.82. The molecule has 82 valence electrons. The van der Waals surface area contributed by atoms with Gasteiger partial charge in [0.15, 0.2) is 0 Å². The van der Waals surface area contributed by atoms with Crippen molar-refractivity contribution in [2.45, 2.75) is 25.7 Å². The molecule has 5 heteroatoms. The minimum atomic E-state index is -0.108. The van der Waals surface area contributed by atoms with Gasteiger partial charge in [0.2, 0.25) is 0 Å². The SMILES string of the molecule is Cc1nc(C2CCCOC2)[nH]c(=O)c1Br. The van der Waals surface area contributed by atoms with Gasteiger partial charge in [-0.1, -0.05) is 0 Å². The Hall–Kier alpha value is -0.680. The van der Waals surface area contributed by atoms with Gasteiger partial charge in [-0.25, -0.2) is 4.98 Å². The lowest BCUT2D eigenvalue weighted by Gasteiger charge is -2.21. The fraction of sp³-hybridized carbons (Fsp3) is 0.600. The van der Waals surface area contributed by atoms with E-state index in [1.165, 1.54) is 0 Å². The molecule has 4 nitrogen and oxygen atoms in total. The number of H-pyrrole nitrogens is 1. The lowest BCUT2D eigenvalue weighted by atomic mass is 10.0. The minimum absolute atomic E-state index is 0.108. The third-order valence-corrected chi connectivity index (χ3v) is 3.53. The number of ether oxygens (including phenoxy) is 1. The number of aryl methyl sites for hydroxylation is 1. The standard InChI is InChI=1S/C10H13BrN2O2/c1-6-8(11)10(14)13-9(12-6)7-3-2-4-15-5-7/h7H,2-5H2,1H3,(H,12,13,14). The third-order valence-electron chi connectivity index (χ3n) is 2.59. The van der Waals surface area contributed by atoms with E-state index in [1.807, 2.05) is 6.92 Å². The van der Waals surface area contributed by atoms with Crippen molar-refractivity contribution in [3.63, 3.8) is 0 Å². The quantitative estimate of drug-likeness (QED) is 0.847. The molecular formula is C10H13BrN2O2. The van der Waals surface area contributed by atoms with Crippen molar-refractivity contribution in [1.82, 2.24) is 9.97 Å². The maximum Gasteiger partial charge on any atom is 0.265 e. The van der Waals surface area contributed by atoms with E-state index in [2.05, 4.69) is 25.9 Å². The normalized spacial score (nSPS) is 21.6. The van der Waals surface area contributed by atoms with E-state index in [4.69, 9.17) is 4.74 Å². The molecule has 0 radical (unpaired) electrons. The number of hydrogen-bond acceptors (Lipinski definition) is 3. The summed E-state index contributed by atoms with van der Waals surface area (Å²) in [6, 6.07) is 0. The van der Waals surface area contributed by atoms with Crippen LogP contribution in [0.3, 0.4) is 0 Å². The second-order valence-electron chi connectivity index (χ2n) is 3.76. The van der Waals surface area contributed by atoms with E-state index in [9.17, 15) is 4.79 Å². The second kappa shape index (κ2) is 4.45. The van der Waals surface area contributed by atoms with Crippen LogP contribution in [0.1, 0.15) is 30.3 Å². The summed E-state index contributed by atoms with van der Waals surface area (Å²) in [5, 5.41) is 0. The maximum absolute atomic E-state index is 11.5. The molecular weight excluding hydrogens is 260 g/mol. The van der Waals surface area contributed by atoms with Crippen LogP contribution < -0.4 is 5.56 Å². The summed E-state index contributed by atoms with van der Waals surface area (Å²) in [5.41, 5.74) is 0.627. The molecule has 1 aromatic rings. The molecule has 1 aliphatic heterocycles. The molecule has 1 N–H and O–H groups in total. The monoisotopic (exact) mass is 272 g/mol. The summed E-state index contributed by atoms with van der Waals surface area (Å²) in [6.45, 7) is 3.30. The van der Waals surface area contributed by atoms with Crippen LogP contribution in [0, 0.1) is 6.92 Å². The Kier molecular flexibility index (Phi) is 3.21. The zero-order valence-electron chi connectivity index (χ0n) is 8.55. The minimum Gasteiger partial charge on any atom is -0.381 e. The van der Waals surface area contributed by atoms with Gasteiger partial charge >= 0.3 is 0 Å². The zero-order chi connectivity index (χ0) is 10.8. The van der Waals surface area contributed by atoms with Crippen molar-refractivity contribution in [2.24, 2.45) is 0 Å². The van der Waals surface area contributed by atoms with Crippen molar-refractivity contribution >= 4 is 15.9 Å². The molecule has 0 spiro atoms. The average molecular weight is 273 g/mol. The Morgan fingerprint density at radius 3 is 3.00 bits per heavy atom. The summed E-state index contributed by atoms with van der Waals surface area (Å²) in [5.74, 6) is 0.985. The Morgan fingerprint density at radius 2 is 2.40 bits per heavy atom. The maximum atomic E-state index is 11.5. The fourth-order valence-electron chi connectivity index (χ4n) is 1.74. The average Bonchev–Trinajstić information content (AvgIpc) is 2.26. The smallest absolute Gasteiger partial charge is 0.265 e. The first kappa shape index (κ1) is 10.8. The Balaban J connectivity index is 2.32. The highest BCUT2D eigenvalue weighted by atomic mass is 79.9. The van der Waals surface area contributed by atoms with E-state index in [0.717, 1.165) is 31.0 Å². The van der Waals surface area contributed by atoms with Crippen LogP contribution in [0.15, 0.2) is 9.27 Å². The van der Waals surface area contributed by atoms with Crippen LogP contribution in [-0.2, 0) is 4.74 Å². The predicted molar refractivity (Wildman–Crippen MR) is 60.1 cm³/mol. The van der Waals surface area contributed by atoms with Gasteiger partial charge in [0, 0.05) is 12.5 Å². The predicted octanol–water partition coefficient (Wildman–Crippen LogP) is 1.73. The number of rotatable bonds is 1. The molecule has 1 atom stereocenters. The van der Waals surface area contributed by atoms with Crippen LogP contribution in [0.2, 0.25) is 0 Å². The summed E-state index contributed by atoms with van der Waals surface area (Å²) >= 11 is 3.20. The van der Waals surface area contributed by atoms with Gasteiger partial charge in [-0.3, -0.25) is 4.79 Å². The van der Waals surface area contributed by atoms with Crippen molar-refractivity contribution in [1.29, 1.82) is 0 Å². The molecule has 1 aliphatic rings. The van der Waals surface area contributed by atoms with Gasteiger partial charge in [-0.15, -0.1) is 0 Å². The third kappa shape index (κ3) is 2.29. The molecule has 0 saturated carbocycles. The molecule has 1 saturated heterocycles. The van der Waals surface area contributed by atoms with E-state index in [1.54, 1.807) is 0 Å². The van der Waals surface area contributed by atoms with Gasteiger partial charge in [0.05, 0.1) is 12.3 Å². The lowest BCUT2D eigenvalue weighted by Crippen LogP contribution is -2.22. The number of nitrogens with one attached hydrogen (secondary N) is 1. The number of aromatic amines is 1. The first-order chi connectivity index (χ1) is 7.18. The molecule has 0 aliphatic carbocycles. The Labute approximate surface area is 96.2 Å². The van der Waals surface area contributed by atoms with Gasteiger partial charge in [0.1, 0.15) is 10.3 Å². The highest BCUT2D eigenvalue weighted by Crippen LogP contribution is 2.22. The largest absolute Gasteiger partial charge is 0.381 e. The molecule has 0 bridgehead atoms. The highest BCUT2D eigenvalue weighted by molar-refractivity contribution is 9.10. The molecule has 0 amide bonds. The Bertz CT molecular complexity index is 410. The number of aromatic nitrogens is 2. The Morgan fingerprint density at radius 1 is 1.60 bits per heavy atom. The molecule has 1 aromatic heterocycles. The highest BCUT2D eigenvalue weighted by Gasteiger charge is 2.19. The molecule has 2 rings (SSSR count). The first-order valence-electron chi connectivity index (χ1n) is 5.02. The fourth-order valence-corrected chi connectivity index (χ4v) is 1.93. The van der Waals surface area contributed by atoms with Crippen molar-refractivity contribution in [3.05, 3.63) is 26.3 Å². The van der Waals surface area contributed by atoms with Gasteiger partial charge in [0.25, 0.3) is 5.56 Å². The summed E-state index contributed by atoms with van der Waals surface area (Å²) in [4.78, 5) is 18.7. The van der Waals surface area contributed by atoms with Crippen molar-refractivity contribution in [3.8, 4) is 0 Å². The van der Waals surface area contributed by atoms with Gasteiger partial charge in [-0.2, -0.15) is 0 Å². The molecule has 2 heterocycles. The summed E-state index contributed by atoms with van der Waals surface area (Å²) < 4.78 is 5.89. The second-order valence-corrected chi connectivity index (χ2v) is 4.56. The van der Waals surface area contributed by atoms with E-state index < -0.39 is 0 Å². The zero-order valence-corrected chi connectivity index (χ0v) is 10.1. The summed E-state index contributed by atoms with van der Waals surface area (Å²) in [7, 11) is 0. The van der Waals surface area contributed by atoms with Crippen molar-refractivity contribution < 1.29 is 4.74 Å². The van der Waals surface area contributed by atoms with Gasteiger partial charge < -0.3 is 9.72 Å². The van der Waals surface area contributed by atoms with E-state index >= 15 is 0 Å². The van der Waals surface area contributed by atoms with Crippen LogP contribution in [0.4, 0.5) is 0 Å². The number of nitrogens with zero attached hydrogens (tertiary/aromatic N) is 1. The molecule has 0 aromatic carbocycles. The van der Waals surface area contributed by atoms with Crippen molar-refractivity contribution in [2.75, 3.05) is 13.2 Å². The molecule has 15 heavy (non-hydrogen) atoms. The number of hydrogen-bond donors (Lipinski definition) is 1. The van der Waals surface area contributed by atoms with Crippen LogP contribution in [0.5, 0.6) is 0 Å². The van der Waals surface area contributed by atoms with E-state index in [-0.39, 0.29) is 11.5 Å². The number of halogens is 1. The summed E-state index contributed by atoms with van der Waals surface area (Å²) in [6.07, 6.45) is 2.06. The topological polar surface area (TPSA) is 55.0 Å². The molecule has 1 fully saturated rings. The van der Waals surface area contributed by atoms with Crippen LogP contribution in [-0.4, -0.2) is 23.2 Å². The van der Waals surface area contributed by atoms with Crippen LogP contribution in [0.25, 0.3) is 0 Å². The van der Waals surface area contributed by atoms with Gasteiger partial charge in [-0.05, 0) is 35.7 Å². The molecule has 1 unspecified atom stereocenters.